The average molecular weight is 479 g/mol. The van der Waals surface area contributed by atoms with E-state index in [9.17, 15) is 19.7 Å². The fourth-order valence-corrected chi connectivity index (χ4v) is 3.15. The Bertz CT molecular complexity index is 1340. The molecule has 2 amide bonds. The molecule has 0 aliphatic heterocycles. The summed E-state index contributed by atoms with van der Waals surface area (Å²) in [6.45, 7) is 2.38. The number of furan rings is 2. The van der Waals surface area contributed by atoms with Crippen molar-refractivity contribution >= 4 is 23.2 Å². The van der Waals surface area contributed by atoms with E-state index in [0.29, 0.717) is 12.3 Å². The first-order valence-electron chi connectivity index (χ1n) is 10.6. The fourth-order valence-electron chi connectivity index (χ4n) is 3.15. The van der Waals surface area contributed by atoms with E-state index >= 15 is 0 Å². The van der Waals surface area contributed by atoms with Crippen LogP contribution in [0.1, 0.15) is 39.5 Å². The van der Waals surface area contributed by atoms with Crippen LogP contribution in [0.3, 0.4) is 0 Å². The van der Waals surface area contributed by atoms with Crippen molar-refractivity contribution in [3.8, 4) is 5.75 Å². The van der Waals surface area contributed by atoms with Crippen molar-refractivity contribution in [3.05, 3.63) is 94.1 Å². The molecule has 180 valence electrons. The second-order valence-electron chi connectivity index (χ2n) is 7.24. The summed E-state index contributed by atoms with van der Waals surface area (Å²) in [5.74, 6) is -0.173. The molecule has 35 heavy (non-hydrogen) atoms. The number of para-hydroxylation sites is 2. The van der Waals surface area contributed by atoms with Crippen molar-refractivity contribution in [1.82, 2.24) is 15.1 Å². The standard InChI is InChI=1S/C23H21N5O7/c1-2-27-13-17(21(26-27)23(30)24-12-15-6-5-11-33-15)25-22(29)20-10-9-16(35-20)14-34-19-8-4-3-7-18(19)28(31)32/h3-11,13H,2,12,14H2,1H3,(H,24,30)(H,25,29). The minimum absolute atomic E-state index is 0.0302. The van der Waals surface area contributed by atoms with Crippen molar-refractivity contribution in [1.29, 1.82) is 0 Å². The van der Waals surface area contributed by atoms with Crippen LogP contribution in [0.5, 0.6) is 5.75 Å². The third-order valence-corrected chi connectivity index (χ3v) is 4.87. The summed E-state index contributed by atoms with van der Waals surface area (Å²) in [7, 11) is 0. The zero-order valence-corrected chi connectivity index (χ0v) is 18.6. The largest absolute Gasteiger partial charge is 0.479 e. The number of nitrogens with one attached hydrogen (secondary N) is 2. The van der Waals surface area contributed by atoms with Crippen LogP contribution in [0.15, 0.2) is 69.8 Å². The Morgan fingerprint density at radius 2 is 1.94 bits per heavy atom. The van der Waals surface area contributed by atoms with Gasteiger partial charge in [0.25, 0.3) is 11.8 Å². The highest BCUT2D eigenvalue weighted by Gasteiger charge is 2.21. The van der Waals surface area contributed by atoms with E-state index in [1.807, 2.05) is 6.92 Å². The van der Waals surface area contributed by atoms with Crippen molar-refractivity contribution in [2.24, 2.45) is 0 Å². The zero-order valence-electron chi connectivity index (χ0n) is 18.6. The van der Waals surface area contributed by atoms with Gasteiger partial charge >= 0.3 is 5.69 Å². The number of rotatable bonds is 10. The van der Waals surface area contributed by atoms with Crippen LogP contribution in [-0.2, 0) is 19.7 Å². The van der Waals surface area contributed by atoms with Gasteiger partial charge in [0.05, 0.1) is 23.4 Å². The van der Waals surface area contributed by atoms with E-state index in [4.69, 9.17) is 13.6 Å². The number of amides is 2. The molecule has 4 aromatic rings. The summed E-state index contributed by atoms with van der Waals surface area (Å²) in [6.07, 6.45) is 3.05. The summed E-state index contributed by atoms with van der Waals surface area (Å²) in [5, 5.41) is 20.7. The molecular formula is C23H21N5O7. The number of aryl methyl sites for hydroxylation is 1. The summed E-state index contributed by atoms with van der Waals surface area (Å²) in [4.78, 5) is 35.9. The number of nitrogens with zero attached hydrogens (tertiary/aromatic N) is 3. The van der Waals surface area contributed by atoms with Crippen LogP contribution in [0.4, 0.5) is 11.4 Å². The topological polar surface area (TPSA) is 155 Å². The van der Waals surface area contributed by atoms with Crippen LogP contribution >= 0.6 is 0 Å². The highest BCUT2D eigenvalue weighted by Crippen LogP contribution is 2.27. The normalized spacial score (nSPS) is 10.7. The van der Waals surface area contributed by atoms with Crippen LogP contribution in [0.2, 0.25) is 0 Å². The van der Waals surface area contributed by atoms with Gasteiger partial charge < -0.3 is 24.2 Å². The maximum atomic E-state index is 12.7. The van der Waals surface area contributed by atoms with Crippen molar-refractivity contribution in [2.45, 2.75) is 26.6 Å². The molecule has 2 N–H and O–H groups in total. The molecule has 0 saturated heterocycles. The Labute approximate surface area is 198 Å². The van der Waals surface area contributed by atoms with Gasteiger partial charge in [0, 0.05) is 18.8 Å². The second kappa shape index (κ2) is 10.4. The lowest BCUT2D eigenvalue weighted by Gasteiger charge is -2.05. The molecule has 4 rings (SSSR count). The van der Waals surface area contributed by atoms with Gasteiger partial charge in [-0.2, -0.15) is 5.10 Å². The minimum Gasteiger partial charge on any atom is -0.479 e. The Hall–Kier alpha value is -4.87. The van der Waals surface area contributed by atoms with Gasteiger partial charge in [0.2, 0.25) is 0 Å². The predicted molar refractivity (Wildman–Crippen MR) is 122 cm³/mol. The van der Waals surface area contributed by atoms with Crippen molar-refractivity contribution < 1.29 is 28.1 Å². The number of anilines is 1. The molecule has 3 heterocycles. The maximum Gasteiger partial charge on any atom is 0.310 e. The van der Waals surface area contributed by atoms with Crippen LogP contribution in [0.25, 0.3) is 0 Å². The van der Waals surface area contributed by atoms with Gasteiger partial charge in [0.15, 0.2) is 17.2 Å². The molecule has 3 aromatic heterocycles. The first-order valence-corrected chi connectivity index (χ1v) is 10.6. The lowest BCUT2D eigenvalue weighted by Crippen LogP contribution is -2.25. The second-order valence-corrected chi connectivity index (χ2v) is 7.24. The van der Waals surface area contributed by atoms with E-state index in [1.165, 1.54) is 41.3 Å². The van der Waals surface area contributed by atoms with Gasteiger partial charge in [-0.25, -0.2) is 0 Å². The summed E-state index contributed by atoms with van der Waals surface area (Å²) < 4.78 is 17.7. The molecule has 1 aromatic carbocycles. The van der Waals surface area contributed by atoms with Crippen molar-refractivity contribution in [2.75, 3.05) is 5.32 Å². The Morgan fingerprint density at radius 1 is 1.11 bits per heavy atom. The lowest BCUT2D eigenvalue weighted by molar-refractivity contribution is -0.386. The molecule has 0 spiro atoms. The number of hydrogen-bond donors (Lipinski definition) is 2. The third kappa shape index (κ3) is 5.55. The maximum absolute atomic E-state index is 12.7. The molecule has 0 saturated carbocycles. The van der Waals surface area contributed by atoms with Gasteiger partial charge in [-0.15, -0.1) is 0 Å². The molecule has 0 radical (unpaired) electrons. The highest BCUT2D eigenvalue weighted by molar-refractivity contribution is 6.07. The van der Waals surface area contributed by atoms with E-state index in [2.05, 4.69) is 15.7 Å². The quantitative estimate of drug-likeness (QED) is 0.257. The summed E-state index contributed by atoms with van der Waals surface area (Å²) in [6, 6.07) is 12.3. The number of benzene rings is 1. The Morgan fingerprint density at radius 3 is 2.69 bits per heavy atom. The number of carbonyl (C=O) groups excluding carboxylic acids is 2. The molecule has 0 unspecified atom stereocenters. The van der Waals surface area contributed by atoms with Gasteiger partial charge in [-0.3, -0.25) is 24.4 Å². The van der Waals surface area contributed by atoms with Gasteiger partial charge in [-0.05, 0) is 37.3 Å². The molecule has 0 fully saturated rings. The van der Waals surface area contributed by atoms with E-state index in [1.54, 1.807) is 24.4 Å². The number of nitro benzene ring substituents is 1. The average Bonchev–Trinajstić information content (AvgIpc) is 3.62. The Balaban J connectivity index is 1.41. The van der Waals surface area contributed by atoms with Crippen LogP contribution in [-0.4, -0.2) is 26.5 Å². The van der Waals surface area contributed by atoms with Crippen LogP contribution in [0, 0.1) is 10.1 Å². The smallest absolute Gasteiger partial charge is 0.310 e. The number of carbonyl (C=O) groups is 2. The number of nitro groups is 1. The monoisotopic (exact) mass is 479 g/mol. The highest BCUT2D eigenvalue weighted by atomic mass is 16.6. The zero-order chi connectivity index (χ0) is 24.8. The SMILES string of the molecule is CCn1cc(NC(=O)c2ccc(COc3ccccc3[N+](=O)[O-])o2)c(C(=O)NCc2ccco2)n1. The third-order valence-electron chi connectivity index (χ3n) is 4.87. The molecule has 0 bridgehead atoms. The minimum atomic E-state index is -0.599. The molecule has 0 atom stereocenters. The number of aromatic nitrogens is 2. The molecular weight excluding hydrogens is 458 g/mol. The van der Waals surface area contributed by atoms with Gasteiger partial charge in [-0.1, -0.05) is 12.1 Å². The summed E-state index contributed by atoms with van der Waals surface area (Å²) in [5.41, 5.74) is 0.0731. The van der Waals surface area contributed by atoms with Crippen LogP contribution < -0.4 is 15.4 Å². The van der Waals surface area contributed by atoms with E-state index in [0.717, 1.165) is 0 Å². The molecule has 12 heteroatoms. The number of hydrogen-bond acceptors (Lipinski definition) is 8. The lowest BCUT2D eigenvalue weighted by atomic mass is 10.3. The van der Waals surface area contributed by atoms with E-state index < -0.39 is 16.7 Å². The predicted octanol–water partition coefficient (Wildman–Crippen LogP) is 3.76. The first kappa shape index (κ1) is 23.3. The Kier molecular flexibility index (Phi) is 6.91. The van der Waals surface area contributed by atoms with Gasteiger partial charge in [0.1, 0.15) is 18.1 Å². The van der Waals surface area contributed by atoms with Crippen molar-refractivity contribution in [3.63, 3.8) is 0 Å². The fraction of sp³-hybridized carbons (Fsp3) is 0.174. The first-order chi connectivity index (χ1) is 16.9. The molecule has 12 nitrogen and oxygen atoms in total. The molecule has 0 aliphatic carbocycles. The number of ether oxygens (including phenoxy) is 1. The summed E-state index contributed by atoms with van der Waals surface area (Å²) >= 11 is 0. The van der Waals surface area contributed by atoms with E-state index in [-0.39, 0.29) is 47.5 Å². The molecule has 0 aliphatic rings.